The van der Waals surface area contributed by atoms with E-state index in [1.54, 1.807) is 6.08 Å². The molecule has 0 aromatic rings. The number of carbonyl (C=O) groups is 1. The average Bonchev–Trinajstić information content (AvgIpc) is 3.01. The molecule has 3 saturated carbocycles. The predicted octanol–water partition coefficient (Wildman–Crippen LogP) is 3.87. The second-order valence-corrected chi connectivity index (χ2v) is 13.0. The van der Waals surface area contributed by atoms with E-state index < -0.39 is 29.3 Å². The van der Waals surface area contributed by atoms with Crippen LogP contribution in [0, 0.1) is 46.3 Å². The fraction of sp³-hybridized carbons (Fsp3) is 0.893. The standard InChI is InChI=1S/C28H46O5/c1-15(2)16(3)11-22(29)17(4)18-8-10-28(33)20-12-23(30)21-13-24(31)25(32)14-26(21,5)19(20)7-9-27(18,28)6/h12,15-19,21-22,24-25,29,31-33H,7-11,13-14H2,1-6H3/t16?,17-,18+,19-,21-,22+,24+,25-,26+,27+,28+/m0/s1. The Kier molecular flexibility index (Phi) is 6.47. The van der Waals surface area contributed by atoms with Gasteiger partial charge in [0.1, 0.15) is 0 Å². The zero-order valence-corrected chi connectivity index (χ0v) is 21.4. The van der Waals surface area contributed by atoms with Gasteiger partial charge in [0.25, 0.3) is 0 Å². The lowest BCUT2D eigenvalue weighted by atomic mass is 9.46. The molecule has 1 unspecified atom stereocenters. The molecule has 0 heterocycles. The van der Waals surface area contributed by atoms with Crippen LogP contribution in [0.1, 0.15) is 86.5 Å². The first kappa shape index (κ1) is 25.3. The molecule has 0 aliphatic heterocycles. The van der Waals surface area contributed by atoms with E-state index in [1.165, 1.54) is 0 Å². The van der Waals surface area contributed by atoms with Gasteiger partial charge in [0, 0.05) is 11.3 Å². The minimum Gasteiger partial charge on any atom is -0.393 e. The maximum absolute atomic E-state index is 13.3. The molecule has 0 aromatic heterocycles. The summed E-state index contributed by atoms with van der Waals surface area (Å²) in [6.07, 6.45) is 4.28. The summed E-state index contributed by atoms with van der Waals surface area (Å²) in [6, 6.07) is 0. The largest absolute Gasteiger partial charge is 0.393 e. The molecule has 4 rings (SSSR count). The molecular formula is C28H46O5. The lowest BCUT2D eigenvalue weighted by Gasteiger charge is -2.60. The van der Waals surface area contributed by atoms with E-state index in [0.29, 0.717) is 31.1 Å². The molecule has 5 heteroatoms. The fourth-order valence-corrected chi connectivity index (χ4v) is 8.39. The molecular weight excluding hydrogens is 416 g/mol. The SMILES string of the molecule is CC(C)C(C)C[C@@H](O)[C@@H](C)[C@H]1CC[C@@]2(O)C3=CC(=O)[C@@H]4C[C@@H](O)[C@@H](O)C[C@]4(C)[C@H]3CC[C@]12C. The van der Waals surface area contributed by atoms with E-state index in [0.717, 1.165) is 31.3 Å². The van der Waals surface area contributed by atoms with Crippen molar-refractivity contribution >= 4 is 5.78 Å². The van der Waals surface area contributed by atoms with Crippen LogP contribution < -0.4 is 0 Å². The molecule has 0 spiro atoms. The van der Waals surface area contributed by atoms with Crippen molar-refractivity contribution in [2.75, 3.05) is 0 Å². The van der Waals surface area contributed by atoms with E-state index in [-0.39, 0.29) is 34.9 Å². The van der Waals surface area contributed by atoms with Gasteiger partial charge in [-0.05, 0) is 91.6 Å². The molecule has 4 N–H and O–H groups in total. The quantitative estimate of drug-likeness (QED) is 0.497. The Labute approximate surface area is 199 Å². The molecule has 4 aliphatic carbocycles. The normalized spacial score (nSPS) is 47.9. The van der Waals surface area contributed by atoms with E-state index in [2.05, 4.69) is 41.5 Å². The first-order chi connectivity index (χ1) is 15.3. The third kappa shape index (κ3) is 3.68. The Balaban J connectivity index is 1.64. The molecule has 0 aromatic carbocycles. The number of ketones is 1. The second-order valence-electron chi connectivity index (χ2n) is 13.0. The highest BCUT2D eigenvalue weighted by atomic mass is 16.3. The molecule has 3 fully saturated rings. The van der Waals surface area contributed by atoms with Crippen LogP contribution in [0.4, 0.5) is 0 Å². The van der Waals surface area contributed by atoms with Crippen LogP contribution in [-0.4, -0.2) is 50.1 Å². The average molecular weight is 463 g/mol. The minimum atomic E-state index is -1.05. The highest BCUT2D eigenvalue weighted by Gasteiger charge is 2.67. The number of allylic oxidation sites excluding steroid dienone is 1. The van der Waals surface area contributed by atoms with Gasteiger partial charge in [-0.25, -0.2) is 0 Å². The van der Waals surface area contributed by atoms with Crippen molar-refractivity contribution in [3.63, 3.8) is 0 Å². The van der Waals surface area contributed by atoms with Gasteiger partial charge in [-0.2, -0.15) is 0 Å². The summed E-state index contributed by atoms with van der Waals surface area (Å²) in [5, 5.41) is 44.1. The summed E-state index contributed by atoms with van der Waals surface area (Å²) in [4.78, 5) is 13.3. The van der Waals surface area contributed by atoms with Crippen molar-refractivity contribution in [1.82, 2.24) is 0 Å². The zero-order valence-electron chi connectivity index (χ0n) is 21.4. The fourth-order valence-electron chi connectivity index (χ4n) is 8.39. The molecule has 0 amide bonds. The van der Waals surface area contributed by atoms with Crippen molar-refractivity contribution in [2.24, 2.45) is 46.3 Å². The van der Waals surface area contributed by atoms with Crippen molar-refractivity contribution < 1.29 is 25.2 Å². The van der Waals surface area contributed by atoms with Gasteiger partial charge in [-0.1, -0.05) is 41.5 Å². The molecule has 11 atom stereocenters. The van der Waals surface area contributed by atoms with Crippen LogP contribution >= 0.6 is 0 Å². The highest BCUT2D eigenvalue weighted by molar-refractivity contribution is 5.95. The van der Waals surface area contributed by atoms with Crippen molar-refractivity contribution in [3.8, 4) is 0 Å². The molecule has 4 aliphatic rings. The Bertz CT molecular complexity index is 806. The lowest BCUT2D eigenvalue weighted by molar-refractivity contribution is -0.154. The van der Waals surface area contributed by atoms with Crippen LogP contribution in [0.15, 0.2) is 11.6 Å². The minimum absolute atomic E-state index is 0.00494. The smallest absolute Gasteiger partial charge is 0.159 e. The van der Waals surface area contributed by atoms with Gasteiger partial charge in [0.2, 0.25) is 0 Å². The summed E-state index contributed by atoms with van der Waals surface area (Å²) in [6.45, 7) is 13.0. The number of aliphatic hydroxyl groups excluding tert-OH is 3. The van der Waals surface area contributed by atoms with Crippen LogP contribution in [-0.2, 0) is 4.79 Å². The third-order valence-electron chi connectivity index (χ3n) is 11.2. The number of aliphatic hydroxyl groups is 4. The predicted molar refractivity (Wildman–Crippen MR) is 128 cm³/mol. The third-order valence-corrected chi connectivity index (χ3v) is 11.2. The van der Waals surface area contributed by atoms with Crippen LogP contribution in [0.5, 0.6) is 0 Å². The first-order valence-electron chi connectivity index (χ1n) is 13.3. The monoisotopic (exact) mass is 462 g/mol. The van der Waals surface area contributed by atoms with Crippen molar-refractivity contribution in [3.05, 3.63) is 11.6 Å². The van der Waals surface area contributed by atoms with Gasteiger partial charge in [-0.3, -0.25) is 4.79 Å². The van der Waals surface area contributed by atoms with Gasteiger partial charge in [0.15, 0.2) is 5.78 Å². The Morgan fingerprint density at radius 2 is 1.70 bits per heavy atom. The molecule has 0 bridgehead atoms. The number of hydrogen-bond acceptors (Lipinski definition) is 5. The summed E-state index contributed by atoms with van der Waals surface area (Å²) in [7, 11) is 0. The van der Waals surface area contributed by atoms with E-state index >= 15 is 0 Å². The number of fused-ring (bicyclic) bond motifs is 5. The molecule has 33 heavy (non-hydrogen) atoms. The Hall–Kier alpha value is -0.750. The number of rotatable bonds is 5. The second kappa shape index (κ2) is 8.43. The molecule has 5 nitrogen and oxygen atoms in total. The summed E-state index contributed by atoms with van der Waals surface area (Å²) >= 11 is 0. The van der Waals surface area contributed by atoms with Gasteiger partial charge < -0.3 is 20.4 Å². The Morgan fingerprint density at radius 3 is 2.33 bits per heavy atom. The highest BCUT2D eigenvalue weighted by Crippen LogP contribution is 2.68. The van der Waals surface area contributed by atoms with Gasteiger partial charge in [0.05, 0.1) is 23.9 Å². The van der Waals surface area contributed by atoms with Gasteiger partial charge in [-0.15, -0.1) is 0 Å². The zero-order chi connectivity index (χ0) is 24.5. The first-order valence-corrected chi connectivity index (χ1v) is 13.3. The van der Waals surface area contributed by atoms with E-state index in [1.807, 2.05) is 0 Å². The summed E-state index contributed by atoms with van der Waals surface area (Å²) in [5.41, 5.74) is -1.01. The van der Waals surface area contributed by atoms with Crippen LogP contribution in [0.25, 0.3) is 0 Å². The maximum atomic E-state index is 13.3. The Morgan fingerprint density at radius 1 is 1.03 bits per heavy atom. The van der Waals surface area contributed by atoms with Gasteiger partial charge >= 0.3 is 0 Å². The van der Waals surface area contributed by atoms with E-state index in [4.69, 9.17) is 0 Å². The summed E-state index contributed by atoms with van der Waals surface area (Å²) in [5.74, 6) is 0.975. The van der Waals surface area contributed by atoms with Crippen LogP contribution in [0.3, 0.4) is 0 Å². The van der Waals surface area contributed by atoms with Crippen molar-refractivity contribution in [2.45, 2.75) is 110 Å². The van der Waals surface area contributed by atoms with Crippen molar-refractivity contribution in [1.29, 1.82) is 0 Å². The molecule has 0 radical (unpaired) electrons. The molecule has 0 saturated heterocycles. The number of hydrogen-bond donors (Lipinski definition) is 4. The maximum Gasteiger partial charge on any atom is 0.159 e. The van der Waals surface area contributed by atoms with Crippen LogP contribution in [0.2, 0.25) is 0 Å². The number of carbonyl (C=O) groups excluding carboxylic acids is 1. The lowest BCUT2D eigenvalue weighted by Crippen LogP contribution is -2.61. The molecule has 188 valence electrons. The van der Waals surface area contributed by atoms with E-state index in [9.17, 15) is 25.2 Å². The summed E-state index contributed by atoms with van der Waals surface area (Å²) < 4.78 is 0. The topological polar surface area (TPSA) is 98.0 Å².